The van der Waals surface area contributed by atoms with E-state index in [0.29, 0.717) is 18.7 Å². The number of ether oxygens (including phenoxy) is 1. The Hall–Kier alpha value is -3.12. The van der Waals surface area contributed by atoms with Gasteiger partial charge in [-0.1, -0.05) is 76.1 Å². The molecule has 0 saturated carbocycles. The Morgan fingerprint density at radius 3 is 2.23 bits per heavy atom. The highest BCUT2D eigenvalue weighted by Gasteiger charge is 2.32. The number of carbonyl (C=O) groups excluding carboxylic acids is 2. The molecule has 0 aliphatic rings. The second-order valence-corrected chi connectivity index (χ2v) is 10.6. The minimum atomic E-state index is -0.696. The number of hydrogen-bond donors (Lipinski definition) is 1. The van der Waals surface area contributed by atoms with Crippen LogP contribution in [-0.4, -0.2) is 34.9 Å². The average molecular weight is 537 g/mol. The topological polar surface area (TPSA) is 58.6 Å². The van der Waals surface area contributed by atoms with Gasteiger partial charge in [0.25, 0.3) is 5.91 Å². The zero-order valence-electron chi connectivity index (χ0n) is 20.8. The van der Waals surface area contributed by atoms with E-state index in [4.69, 9.17) is 4.74 Å². The van der Waals surface area contributed by atoms with Crippen LogP contribution in [-0.2, 0) is 22.6 Å². The SMILES string of the molecule is Cc1cccc(CN(C(=O)COc2ccc(Br)cc2)[C@@H](Cc2ccccc2)C(=O)NC(C)(C)C)c1. The minimum absolute atomic E-state index is 0.165. The van der Waals surface area contributed by atoms with Gasteiger partial charge in [0.05, 0.1) is 0 Å². The highest BCUT2D eigenvalue weighted by Crippen LogP contribution is 2.19. The summed E-state index contributed by atoms with van der Waals surface area (Å²) in [6.45, 7) is 7.97. The van der Waals surface area contributed by atoms with Crippen molar-refractivity contribution >= 4 is 27.7 Å². The first-order valence-corrected chi connectivity index (χ1v) is 12.5. The van der Waals surface area contributed by atoms with Crippen molar-refractivity contribution in [2.24, 2.45) is 0 Å². The number of amides is 2. The lowest BCUT2D eigenvalue weighted by Crippen LogP contribution is -2.55. The molecule has 2 amide bonds. The van der Waals surface area contributed by atoms with E-state index < -0.39 is 11.6 Å². The van der Waals surface area contributed by atoms with Gasteiger partial charge in [0, 0.05) is 23.0 Å². The Morgan fingerprint density at radius 1 is 0.943 bits per heavy atom. The van der Waals surface area contributed by atoms with Gasteiger partial charge >= 0.3 is 0 Å². The first kappa shape index (κ1) is 26.5. The summed E-state index contributed by atoms with van der Waals surface area (Å²) in [6.07, 6.45) is 0.401. The maximum Gasteiger partial charge on any atom is 0.261 e. The van der Waals surface area contributed by atoms with Crippen LogP contribution in [0.15, 0.2) is 83.3 Å². The van der Waals surface area contributed by atoms with E-state index in [1.165, 1.54) is 0 Å². The van der Waals surface area contributed by atoms with Gasteiger partial charge in [0.1, 0.15) is 11.8 Å². The normalized spacial score (nSPS) is 12.0. The number of nitrogens with one attached hydrogen (secondary N) is 1. The van der Waals surface area contributed by atoms with Gasteiger partial charge in [-0.25, -0.2) is 0 Å². The third kappa shape index (κ3) is 8.55. The summed E-state index contributed by atoms with van der Waals surface area (Å²) in [6, 6.07) is 24.4. The molecule has 35 heavy (non-hydrogen) atoms. The number of halogens is 1. The average Bonchev–Trinajstić information content (AvgIpc) is 2.80. The van der Waals surface area contributed by atoms with Crippen LogP contribution in [0, 0.1) is 6.92 Å². The summed E-state index contributed by atoms with van der Waals surface area (Å²) in [7, 11) is 0. The molecule has 0 heterocycles. The van der Waals surface area contributed by atoms with Gasteiger partial charge in [0.15, 0.2) is 6.61 Å². The lowest BCUT2D eigenvalue weighted by atomic mass is 10.0. The van der Waals surface area contributed by atoms with Crippen molar-refractivity contribution in [3.63, 3.8) is 0 Å². The van der Waals surface area contributed by atoms with Crippen LogP contribution in [0.3, 0.4) is 0 Å². The highest BCUT2D eigenvalue weighted by atomic mass is 79.9. The quantitative estimate of drug-likeness (QED) is 0.382. The van der Waals surface area contributed by atoms with E-state index in [-0.39, 0.29) is 18.4 Å². The number of aryl methyl sites for hydroxylation is 1. The van der Waals surface area contributed by atoms with Gasteiger partial charge in [-0.3, -0.25) is 9.59 Å². The number of hydrogen-bond acceptors (Lipinski definition) is 3. The molecule has 0 aromatic heterocycles. The molecule has 6 heteroatoms. The van der Waals surface area contributed by atoms with Crippen molar-refractivity contribution in [1.29, 1.82) is 0 Å². The Labute approximate surface area is 216 Å². The van der Waals surface area contributed by atoms with E-state index in [2.05, 4.69) is 21.2 Å². The zero-order chi connectivity index (χ0) is 25.4. The third-order valence-electron chi connectivity index (χ3n) is 5.38. The molecule has 0 radical (unpaired) electrons. The highest BCUT2D eigenvalue weighted by molar-refractivity contribution is 9.10. The maximum absolute atomic E-state index is 13.6. The van der Waals surface area contributed by atoms with Crippen molar-refractivity contribution in [2.45, 2.75) is 52.2 Å². The summed E-state index contributed by atoms with van der Waals surface area (Å²) >= 11 is 3.41. The molecular formula is C29H33BrN2O3. The molecule has 0 saturated heterocycles. The Bertz CT molecular complexity index is 1120. The summed E-state index contributed by atoms with van der Waals surface area (Å²) < 4.78 is 6.73. The number of carbonyl (C=O) groups is 2. The van der Waals surface area contributed by atoms with Gasteiger partial charge in [-0.05, 0) is 63.1 Å². The molecular weight excluding hydrogens is 504 g/mol. The molecule has 184 valence electrons. The van der Waals surface area contributed by atoms with Gasteiger partial charge in [-0.2, -0.15) is 0 Å². The van der Waals surface area contributed by atoms with E-state index in [1.54, 1.807) is 17.0 Å². The second kappa shape index (κ2) is 12.0. The summed E-state index contributed by atoms with van der Waals surface area (Å²) in [5.41, 5.74) is 2.61. The van der Waals surface area contributed by atoms with Crippen LogP contribution in [0.4, 0.5) is 0 Å². The van der Waals surface area contributed by atoms with E-state index in [9.17, 15) is 9.59 Å². The van der Waals surface area contributed by atoms with Crippen molar-refractivity contribution in [1.82, 2.24) is 10.2 Å². The minimum Gasteiger partial charge on any atom is -0.484 e. The van der Waals surface area contributed by atoms with Crippen LogP contribution in [0.5, 0.6) is 5.75 Å². The van der Waals surface area contributed by atoms with Crippen LogP contribution >= 0.6 is 15.9 Å². The molecule has 3 aromatic rings. The lowest BCUT2D eigenvalue weighted by Gasteiger charge is -2.33. The van der Waals surface area contributed by atoms with Crippen LogP contribution < -0.4 is 10.1 Å². The Morgan fingerprint density at radius 2 is 1.60 bits per heavy atom. The fourth-order valence-corrected chi connectivity index (χ4v) is 4.04. The van der Waals surface area contributed by atoms with Crippen molar-refractivity contribution < 1.29 is 14.3 Å². The van der Waals surface area contributed by atoms with E-state index >= 15 is 0 Å². The molecule has 3 rings (SSSR count). The lowest BCUT2D eigenvalue weighted by molar-refractivity contribution is -0.143. The molecule has 1 N–H and O–H groups in total. The summed E-state index contributed by atoms with van der Waals surface area (Å²) in [5, 5.41) is 3.07. The standard InChI is InChI=1S/C29H33BrN2O3/c1-21-9-8-12-23(17-21)19-32(27(33)20-35-25-15-13-24(30)14-16-25)26(28(34)31-29(2,3)4)18-22-10-6-5-7-11-22/h5-17,26H,18-20H2,1-4H3,(H,31,34)/t26-/m0/s1. The predicted molar refractivity (Wildman–Crippen MR) is 143 cm³/mol. The second-order valence-electron chi connectivity index (χ2n) is 9.70. The van der Waals surface area contributed by atoms with Crippen molar-refractivity contribution in [3.05, 3.63) is 100 Å². The van der Waals surface area contributed by atoms with Gasteiger partial charge < -0.3 is 15.0 Å². The Balaban J connectivity index is 1.92. The van der Waals surface area contributed by atoms with Crippen molar-refractivity contribution in [2.75, 3.05) is 6.61 Å². The molecule has 1 atom stereocenters. The zero-order valence-corrected chi connectivity index (χ0v) is 22.3. The smallest absolute Gasteiger partial charge is 0.261 e. The molecule has 3 aromatic carbocycles. The molecule has 0 aliphatic heterocycles. The first-order valence-electron chi connectivity index (χ1n) is 11.7. The van der Waals surface area contributed by atoms with Crippen LogP contribution in [0.25, 0.3) is 0 Å². The molecule has 0 bridgehead atoms. The monoisotopic (exact) mass is 536 g/mol. The molecule has 0 fully saturated rings. The van der Waals surface area contributed by atoms with Gasteiger partial charge in [-0.15, -0.1) is 0 Å². The fraction of sp³-hybridized carbons (Fsp3) is 0.310. The third-order valence-corrected chi connectivity index (χ3v) is 5.91. The predicted octanol–water partition coefficient (Wildman–Crippen LogP) is 5.69. The fourth-order valence-electron chi connectivity index (χ4n) is 3.77. The maximum atomic E-state index is 13.6. The molecule has 5 nitrogen and oxygen atoms in total. The number of rotatable bonds is 9. The van der Waals surface area contributed by atoms with Gasteiger partial charge in [0.2, 0.25) is 5.91 Å². The van der Waals surface area contributed by atoms with Crippen LogP contribution in [0.2, 0.25) is 0 Å². The summed E-state index contributed by atoms with van der Waals surface area (Å²) in [4.78, 5) is 28.8. The van der Waals surface area contributed by atoms with Crippen molar-refractivity contribution in [3.8, 4) is 5.75 Å². The summed E-state index contributed by atoms with van der Waals surface area (Å²) in [5.74, 6) is 0.154. The number of nitrogens with zero attached hydrogens (tertiary/aromatic N) is 1. The molecule has 0 aliphatic carbocycles. The molecule has 0 unspecified atom stereocenters. The van der Waals surface area contributed by atoms with E-state index in [1.807, 2.05) is 94.4 Å². The number of benzene rings is 3. The Kier molecular flexibility index (Phi) is 9.10. The first-order chi connectivity index (χ1) is 16.6. The van der Waals surface area contributed by atoms with Crippen LogP contribution in [0.1, 0.15) is 37.5 Å². The molecule has 0 spiro atoms. The van der Waals surface area contributed by atoms with E-state index in [0.717, 1.165) is 21.2 Å². The largest absolute Gasteiger partial charge is 0.484 e.